The van der Waals surface area contributed by atoms with E-state index in [9.17, 15) is 15.4 Å². The first-order valence-corrected chi connectivity index (χ1v) is 8.93. The Morgan fingerprint density at radius 2 is 2.07 bits per heavy atom. The number of nitrogens with zero attached hydrogens (tertiary/aromatic N) is 3. The van der Waals surface area contributed by atoms with E-state index in [1.165, 1.54) is 30.6 Å². The van der Waals surface area contributed by atoms with Crippen molar-refractivity contribution < 1.29 is 9.66 Å². The van der Waals surface area contributed by atoms with Crippen LogP contribution in [0.4, 0.5) is 5.69 Å². The minimum Gasteiger partial charge on any atom is -0.490 e. The molecule has 134 valence electrons. The van der Waals surface area contributed by atoms with E-state index in [4.69, 9.17) is 16.3 Å². The van der Waals surface area contributed by atoms with Gasteiger partial charge in [0.2, 0.25) is 0 Å². The van der Waals surface area contributed by atoms with E-state index in [2.05, 4.69) is 11.1 Å². The van der Waals surface area contributed by atoms with Crippen LogP contribution in [-0.4, -0.2) is 17.0 Å². The zero-order chi connectivity index (χ0) is 19.4. The first kappa shape index (κ1) is 18.6. The average molecular weight is 398 g/mol. The molecule has 3 aromatic rings. The second-order valence-corrected chi connectivity index (χ2v) is 6.70. The number of hydrogen-bond donors (Lipinski definition) is 0. The molecule has 2 aromatic carbocycles. The lowest BCUT2D eigenvalue weighted by atomic mass is 10.1. The van der Waals surface area contributed by atoms with Crippen molar-refractivity contribution in [2.75, 3.05) is 7.11 Å². The Morgan fingerprint density at radius 3 is 2.70 bits per heavy atom. The monoisotopic (exact) mass is 397 g/mol. The molecule has 3 rings (SSSR count). The Bertz CT molecular complexity index is 1070. The number of allylic oxidation sites excluding steroid dienone is 1. The molecule has 0 spiro atoms. The average Bonchev–Trinajstić information content (AvgIpc) is 3.16. The first-order valence-electron chi connectivity index (χ1n) is 7.68. The van der Waals surface area contributed by atoms with Gasteiger partial charge in [0.25, 0.3) is 0 Å². The third-order valence-corrected chi connectivity index (χ3v) is 4.83. The number of ether oxygens (including phenoxy) is 1. The van der Waals surface area contributed by atoms with Crippen LogP contribution in [-0.2, 0) is 0 Å². The molecule has 0 radical (unpaired) electrons. The molecule has 0 aliphatic carbocycles. The van der Waals surface area contributed by atoms with Gasteiger partial charge >= 0.3 is 5.69 Å². The maximum Gasteiger partial charge on any atom is 0.311 e. The van der Waals surface area contributed by atoms with Crippen LogP contribution in [0.25, 0.3) is 22.9 Å². The summed E-state index contributed by atoms with van der Waals surface area (Å²) in [5.41, 5.74) is 2.29. The summed E-state index contributed by atoms with van der Waals surface area (Å²) in [5.74, 6) is 0.162. The predicted octanol–water partition coefficient (Wildman–Crippen LogP) is 5.44. The molecule has 6 nitrogen and oxygen atoms in total. The number of nitriles is 1. The Hall–Kier alpha value is -3.21. The van der Waals surface area contributed by atoms with Gasteiger partial charge in [-0.25, -0.2) is 4.98 Å². The highest BCUT2D eigenvalue weighted by molar-refractivity contribution is 7.11. The maximum absolute atomic E-state index is 11.2. The molecule has 0 amide bonds. The van der Waals surface area contributed by atoms with Crippen molar-refractivity contribution in [1.82, 2.24) is 4.98 Å². The lowest BCUT2D eigenvalue weighted by Crippen LogP contribution is -1.94. The van der Waals surface area contributed by atoms with Crippen LogP contribution in [0.2, 0.25) is 5.02 Å². The molecule has 0 bridgehead atoms. The standard InChI is InChI=1S/C19H12ClN3O3S/c1-26-18-7-2-12(9-17(18)23(24)25)8-14(10-21)19-22-16(11-27-19)13-3-5-15(20)6-4-13/h2-9,11H,1H3/b14-8-. The fourth-order valence-corrected chi connectivity index (χ4v) is 3.32. The van der Waals surface area contributed by atoms with Crippen molar-refractivity contribution in [2.24, 2.45) is 0 Å². The van der Waals surface area contributed by atoms with Crippen molar-refractivity contribution in [2.45, 2.75) is 0 Å². The van der Waals surface area contributed by atoms with Gasteiger partial charge in [0.15, 0.2) is 5.75 Å². The number of thiazole rings is 1. The molecule has 1 heterocycles. The van der Waals surface area contributed by atoms with Crippen molar-refractivity contribution in [3.63, 3.8) is 0 Å². The van der Waals surface area contributed by atoms with Gasteiger partial charge in [-0.15, -0.1) is 11.3 Å². The van der Waals surface area contributed by atoms with E-state index >= 15 is 0 Å². The molecule has 8 heteroatoms. The Labute approximate surface area is 164 Å². The number of hydrogen-bond acceptors (Lipinski definition) is 6. The van der Waals surface area contributed by atoms with Gasteiger partial charge in [-0.1, -0.05) is 29.8 Å². The van der Waals surface area contributed by atoms with Crippen LogP contribution in [0, 0.1) is 21.4 Å². The highest BCUT2D eigenvalue weighted by Crippen LogP contribution is 2.31. The van der Waals surface area contributed by atoms with E-state index < -0.39 is 4.92 Å². The third-order valence-electron chi connectivity index (χ3n) is 3.71. The van der Waals surface area contributed by atoms with Crippen molar-refractivity contribution in [3.8, 4) is 23.1 Å². The molecule has 27 heavy (non-hydrogen) atoms. The van der Waals surface area contributed by atoms with Crippen molar-refractivity contribution in [1.29, 1.82) is 5.26 Å². The quantitative estimate of drug-likeness (QED) is 0.324. The number of aromatic nitrogens is 1. The number of rotatable bonds is 5. The smallest absolute Gasteiger partial charge is 0.311 e. The fraction of sp³-hybridized carbons (Fsp3) is 0.0526. The van der Waals surface area contributed by atoms with E-state index in [0.717, 1.165) is 11.3 Å². The van der Waals surface area contributed by atoms with E-state index in [0.29, 0.717) is 21.2 Å². The minimum atomic E-state index is -0.524. The van der Waals surface area contributed by atoms with Gasteiger partial charge < -0.3 is 4.74 Å². The number of nitro groups is 1. The molecule has 0 fully saturated rings. The van der Waals surface area contributed by atoms with Gasteiger partial charge in [0.1, 0.15) is 11.1 Å². The number of nitro benzene ring substituents is 1. The van der Waals surface area contributed by atoms with Crippen LogP contribution in [0.3, 0.4) is 0 Å². The summed E-state index contributed by atoms with van der Waals surface area (Å²) in [7, 11) is 1.37. The first-order chi connectivity index (χ1) is 13.0. The Morgan fingerprint density at radius 1 is 1.33 bits per heavy atom. The van der Waals surface area contributed by atoms with Crippen LogP contribution in [0.1, 0.15) is 10.6 Å². The van der Waals surface area contributed by atoms with Crippen LogP contribution < -0.4 is 4.74 Å². The molecule has 0 aliphatic rings. The molecular formula is C19H12ClN3O3S. The van der Waals surface area contributed by atoms with Gasteiger partial charge in [-0.3, -0.25) is 10.1 Å². The summed E-state index contributed by atoms with van der Waals surface area (Å²) in [6.45, 7) is 0. The molecule has 0 atom stereocenters. The van der Waals surface area contributed by atoms with E-state index in [1.54, 1.807) is 24.3 Å². The number of halogens is 1. The lowest BCUT2D eigenvalue weighted by Gasteiger charge is -2.02. The fourth-order valence-electron chi connectivity index (χ4n) is 2.40. The summed E-state index contributed by atoms with van der Waals surface area (Å²) < 4.78 is 4.99. The third kappa shape index (κ3) is 4.14. The van der Waals surface area contributed by atoms with Crippen LogP contribution in [0.5, 0.6) is 5.75 Å². The molecule has 0 saturated carbocycles. The molecule has 0 N–H and O–H groups in total. The van der Waals surface area contributed by atoms with Crippen molar-refractivity contribution in [3.05, 3.63) is 73.6 Å². The summed E-state index contributed by atoms with van der Waals surface area (Å²) in [4.78, 5) is 15.1. The number of methoxy groups -OCH3 is 1. The lowest BCUT2D eigenvalue weighted by molar-refractivity contribution is -0.385. The highest BCUT2D eigenvalue weighted by Gasteiger charge is 2.15. The maximum atomic E-state index is 11.2. The van der Waals surface area contributed by atoms with E-state index in [1.807, 2.05) is 17.5 Å². The Balaban J connectivity index is 1.96. The zero-order valence-corrected chi connectivity index (χ0v) is 15.6. The van der Waals surface area contributed by atoms with Gasteiger partial charge in [0.05, 0.1) is 23.3 Å². The SMILES string of the molecule is COc1ccc(/C=C(/C#N)c2nc(-c3ccc(Cl)cc3)cs2)cc1[N+](=O)[O-]. The second-order valence-electron chi connectivity index (χ2n) is 5.40. The predicted molar refractivity (Wildman–Crippen MR) is 106 cm³/mol. The van der Waals surface area contributed by atoms with Gasteiger partial charge in [-0.2, -0.15) is 5.26 Å². The Kier molecular flexibility index (Phi) is 5.50. The summed E-state index contributed by atoms with van der Waals surface area (Å²) >= 11 is 7.22. The number of benzene rings is 2. The summed E-state index contributed by atoms with van der Waals surface area (Å²) in [5, 5.41) is 23.7. The highest BCUT2D eigenvalue weighted by atomic mass is 35.5. The van der Waals surface area contributed by atoms with Crippen molar-refractivity contribution >= 4 is 40.3 Å². The molecular weight excluding hydrogens is 386 g/mol. The second kappa shape index (κ2) is 7.99. The summed E-state index contributed by atoms with van der Waals surface area (Å²) in [6.07, 6.45) is 1.57. The molecule has 0 aliphatic heterocycles. The zero-order valence-electron chi connectivity index (χ0n) is 14.0. The largest absolute Gasteiger partial charge is 0.490 e. The van der Waals surface area contributed by atoms with Crippen LogP contribution >= 0.6 is 22.9 Å². The molecule has 0 saturated heterocycles. The molecule has 0 unspecified atom stereocenters. The van der Waals surface area contributed by atoms with E-state index in [-0.39, 0.29) is 11.4 Å². The minimum absolute atomic E-state index is 0.162. The van der Waals surface area contributed by atoms with Gasteiger partial charge in [0, 0.05) is 22.0 Å². The normalized spacial score (nSPS) is 11.1. The van der Waals surface area contributed by atoms with Gasteiger partial charge in [-0.05, 0) is 29.8 Å². The summed E-state index contributed by atoms with van der Waals surface area (Å²) in [6, 6.07) is 13.9. The topological polar surface area (TPSA) is 89.0 Å². The van der Waals surface area contributed by atoms with Crippen LogP contribution in [0.15, 0.2) is 47.8 Å². The molecule has 1 aromatic heterocycles.